The number of quaternary nitrogens is 1. The number of carbonyl (C=O) groups excluding carboxylic acids is 1. The van der Waals surface area contributed by atoms with Crippen LogP contribution < -0.4 is 9.80 Å². The molecule has 1 heterocycles. The van der Waals surface area contributed by atoms with Crippen LogP contribution in [0, 0.1) is 0 Å². The highest BCUT2D eigenvalue weighted by Crippen LogP contribution is 2.20. The number of anilines is 1. The largest absolute Gasteiger partial charge is 0.360 e. The first-order chi connectivity index (χ1) is 13.3. The predicted octanol–water partition coefficient (Wildman–Crippen LogP) is 2.99. The monoisotopic (exact) mass is 357 g/mol. The Morgan fingerprint density at radius 2 is 1.26 bits per heavy atom. The van der Waals surface area contributed by atoms with Gasteiger partial charge in [-0.2, -0.15) is 0 Å². The number of nitrogens with zero attached hydrogens (tertiary/aromatic N) is 1. The molecule has 0 spiro atoms. The van der Waals surface area contributed by atoms with Crippen molar-refractivity contribution >= 4 is 12.0 Å². The number of piperazine rings is 1. The van der Waals surface area contributed by atoms with Crippen LogP contribution in [0.4, 0.5) is 5.69 Å². The molecule has 0 unspecified atom stereocenters. The summed E-state index contributed by atoms with van der Waals surface area (Å²) in [7, 11) is 0. The van der Waals surface area contributed by atoms with Gasteiger partial charge in [-0.15, -0.1) is 0 Å². The molecule has 27 heavy (non-hydrogen) atoms. The zero-order chi connectivity index (χ0) is 18.5. The van der Waals surface area contributed by atoms with Crippen LogP contribution >= 0.6 is 0 Å². The van der Waals surface area contributed by atoms with Crippen molar-refractivity contribution < 1.29 is 9.69 Å². The van der Waals surface area contributed by atoms with Crippen molar-refractivity contribution in [3.63, 3.8) is 0 Å². The molecule has 0 aromatic heterocycles. The summed E-state index contributed by atoms with van der Waals surface area (Å²) in [6.45, 7) is 4.21. The zero-order valence-corrected chi connectivity index (χ0v) is 15.4. The normalized spacial score (nSPS) is 15.1. The number of benzene rings is 3. The summed E-state index contributed by atoms with van der Waals surface area (Å²) in [6.07, 6.45) is 0.899. The third kappa shape index (κ3) is 3.93. The van der Waals surface area contributed by atoms with Gasteiger partial charge in [0.25, 0.3) is 0 Å². The van der Waals surface area contributed by atoms with Gasteiger partial charge in [0.1, 0.15) is 12.3 Å². The Hall–Kier alpha value is -2.91. The van der Waals surface area contributed by atoms with Crippen LogP contribution in [0.5, 0.6) is 0 Å². The minimum absolute atomic E-state index is 0.368. The molecule has 0 amide bonds. The lowest BCUT2D eigenvalue weighted by Gasteiger charge is -2.38. The minimum atomic E-state index is 0.368. The van der Waals surface area contributed by atoms with E-state index in [0.717, 1.165) is 38.0 Å². The highest BCUT2D eigenvalue weighted by atomic mass is 16.1. The molecule has 0 atom stereocenters. The van der Waals surface area contributed by atoms with Crippen LogP contribution in [0.25, 0.3) is 0 Å². The van der Waals surface area contributed by atoms with Crippen molar-refractivity contribution in [3.8, 4) is 0 Å². The molecule has 0 saturated carbocycles. The van der Waals surface area contributed by atoms with Gasteiger partial charge in [-0.05, 0) is 24.3 Å². The average Bonchev–Trinajstić information content (AvgIpc) is 2.76. The molecule has 3 aromatic rings. The molecule has 1 aliphatic heterocycles. The molecule has 1 saturated heterocycles. The van der Waals surface area contributed by atoms with E-state index in [1.54, 1.807) is 4.90 Å². The fourth-order valence-electron chi connectivity index (χ4n) is 4.06. The lowest BCUT2D eigenvalue weighted by atomic mass is 9.96. The van der Waals surface area contributed by atoms with Crippen molar-refractivity contribution in [1.29, 1.82) is 0 Å². The first-order valence-corrected chi connectivity index (χ1v) is 9.60. The van der Waals surface area contributed by atoms with E-state index < -0.39 is 0 Å². The van der Waals surface area contributed by atoms with Crippen LogP contribution in [0.2, 0.25) is 0 Å². The van der Waals surface area contributed by atoms with E-state index in [-0.39, 0.29) is 0 Å². The fourth-order valence-corrected chi connectivity index (χ4v) is 4.06. The van der Waals surface area contributed by atoms with E-state index in [1.165, 1.54) is 16.8 Å². The second kappa shape index (κ2) is 8.19. The third-order valence-electron chi connectivity index (χ3n) is 5.47. The van der Waals surface area contributed by atoms with Crippen molar-refractivity contribution in [1.82, 2.24) is 0 Å². The van der Waals surface area contributed by atoms with Gasteiger partial charge in [-0.1, -0.05) is 60.7 Å². The molecule has 3 heteroatoms. The Balaban J connectivity index is 1.52. The predicted molar refractivity (Wildman–Crippen MR) is 109 cm³/mol. The molecular weight excluding hydrogens is 332 g/mol. The number of hydrogen-bond acceptors (Lipinski definition) is 2. The summed E-state index contributed by atoms with van der Waals surface area (Å²) in [5.41, 5.74) is 4.69. The van der Waals surface area contributed by atoms with Gasteiger partial charge in [0.2, 0.25) is 0 Å². The highest BCUT2D eigenvalue weighted by molar-refractivity contribution is 5.75. The van der Waals surface area contributed by atoms with Gasteiger partial charge in [0.05, 0.1) is 26.2 Å². The fraction of sp³-hybridized carbons (Fsp3) is 0.208. The number of carbonyl (C=O) groups is 1. The van der Waals surface area contributed by atoms with E-state index in [9.17, 15) is 4.79 Å². The summed E-state index contributed by atoms with van der Waals surface area (Å²) >= 11 is 0. The average molecular weight is 357 g/mol. The van der Waals surface area contributed by atoms with Crippen molar-refractivity contribution in [3.05, 3.63) is 102 Å². The van der Waals surface area contributed by atoms with Crippen molar-refractivity contribution in [2.24, 2.45) is 0 Å². The lowest BCUT2D eigenvalue weighted by Crippen LogP contribution is -3.15. The summed E-state index contributed by atoms with van der Waals surface area (Å²) in [5, 5.41) is 0. The lowest BCUT2D eigenvalue weighted by molar-refractivity contribution is -0.926. The van der Waals surface area contributed by atoms with Crippen LogP contribution in [-0.4, -0.2) is 32.5 Å². The van der Waals surface area contributed by atoms with Gasteiger partial charge >= 0.3 is 0 Å². The molecule has 3 aromatic carbocycles. The summed E-state index contributed by atoms with van der Waals surface area (Å²) in [4.78, 5) is 14.9. The van der Waals surface area contributed by atoms with E-state index in [2.05, 4.69) is 77.7 Å². The van der Waals surface area contributed by atoms with Crippen LogP contribution in [0.15, 0.2) is 84.9 Å². The van der Waals surface area contributed by atoms with Gasteiger partial charge in [-0.3, -0.25) is 4.79 Å². The Labute approximate surface area is 160 Å². The Morgan fingerprint density at radius 3 is 1.74 bits per heavy atom. The van der Waals surface area contributed by atoms with Crippen LogP contribution in [0.1, 0.15) is 27.5 Å². The van der Waals surface area contributed by atoms with Gasteiger partial charge in [-0.25, -0.2) is 0 Å². The molecule has 1 N–H and O–H groups in total. The van der Waals surface area contributed by atoms with Gasteiger partial charge in [0, 0.05) is 22.4 Å². The molecule has 1 aliphatic rings. The second-order valence-corrected chi connectivity index (χ2v) is 7.11. The first kappa shape index (κ1) is 17.5. The van der Waals surface area contributed by atoms with E-state index >= 15 is 0 Å². The number of rotatable bonds is 5. The molecule has 3 nitrogen and oxygen atoms in total. The maximum atomic E-state index is 10.9. The number of nitrogens with one attached hydrogen (secondary N) is 1. The molecule has 0 radical (unpaired) electrons. The maximum absolute atomic E-state index is 10.9. The van der Waals surface area contributed by atoms with Crippen LogP contribution in [0.3, 0.4) is 0 Å². The summed E-state index contributed by atoms with van der Waals surface area (Å²) in [6, 6.07) is 30.0. The standard InChI is InChI=1S/C24H24N2O/c27-19-20-11-13-23(14-12-20)25-15-17-26(18-16-25)24(21-7-3-1-4-8-21)22-9-5-2-6-10-22/h1-14,19,24H,15-18H2/p+1. The van der Waals surface area contributed by atoms with Gasteiger partial charge in [0.15, 0.2) is 0 Å². The SMILES string of the molecule is O=Cc1ccc(N2CC[NH+](C(c3ccccc3)c3ccccc3)CC2)cc1. The third-order valence-corrected chi connectivity index (χ3v) is 5.47. The smallest absolute Gasteiger partial charge is 0.150 e. The van der Waals surface area contributed by atoms with Crippen LogP contribution in [-0.2, 0) is 0 Å². The molecule has 0 bridgehead atoms. The van der Waals surface area contributed by atoms with E-state index in [4.69, 9.17) is 0 Å². The first-order valence-electron chi connectivity index (χ1n) is 9.60. The molecule has 4 rings (SSSR count). The Bertz CT molecular complexity index is 814. The second-order valence-electron chi connectivity index (χ2n) is 7.11. The highest BCUT2D eigenvalue weighted by Gasteiger charge is 2.29. The summed E-state index contributed by atoms with van der Waals surface area (Å²) < 4.78 is 0. The Kier molecular flexibility index (Phi) is 5.31. The quantitative estimate of drug-likeness (QED) is 0.710. The molecular formula is C24H25N2O+. The summed E-state index contributed by atoms with van der Waals surface area (Å²) in [5.74, 6) is 0. The number of hydrogen-bond donors (Lipinski definition) is 1. The Morgan fingerprint density at radius 1 is 0.741 bits per heavy atom. The number of aldehydes is 1. The topological polar surface area (TPSA) is 24.8 Å². The van der Waals surface area contributed by atoms with Crippen molar-refractivity contribution in [2.45, 2.75) is 6.04 Å². The zero-order valence-electron chi connectivity index (χ0n) is 15.4. The van der Waals surface area contributed by atoms with E-state index in [0.29, 0.717) is 6.04 Å². The molecule has 1 fully saturated rings. The van der Waals surface area contributed by atoms with E-state index in [1.807, 2.05) is 12.1 Å². The molecule has 136 valence electrons. The van der Waals surface area contributed by atoms with Crippen molar-refractivity contribution in [2.75, 3.05) is 31.1 Å². The minimum Gasteiger partial charge on any atom is -0.360 e. The molecule has 0 aliphatic carbocycles. The van der Waals surface area contributed by atoms with Gasteiger partial charge < -0.3 is 9.80 Å². The maximum Gasteiger partial charge on any atom is 0.150 e.